The first kappa shape index (κ1) is 21.1. The zero-order valence-corrected chi connectivity index (χ0v) is 18.3. The van der Waals surface area contributed by atoms with Gasteiger partial charge in [-0.2, -0.15) is 10.1 Å². The first-order chi connectivity index (χ1) is 15.4. The van der Waals surface area contributed by atoms with Crippen LogP contribution in [0.4, 0.5) is 5.95 Å². The van der Waals surface area contributed by atoms with Crippen LogP contribution in [0.5, 0.6) is 5.75 Å². The Morgan fingerprint density at radius 3 is 2.47 bits per heavy atom. The SMILES string of the molecule is COc1ccc(/C(C)=N\Nc2nc3c(c(=O)[nH]c(=O)n3C)n2Cc2ccc(C)cc2)cc1. The molecule has 0 unspecified atom stereocenters. The number of H-pyrrole nitrogens is 1. The van der Waals surface area contributed by atoms with E-state index in [0.717, 1.165) is 28.2 Å². The number of benzene rings is 2. The average Bonchev–Trinajstić information content (AvgIpc) is 3.16. The first-order valence-corrected chi connectivity index (χ1v) is 10.1. The number of imidazole rings is 1. The highest BCUT2D eigenvalue weighted by molar-refractivity contribution is 5.99. The molecule has 2 heterocycles. The van der Waals surface area contributed by atoms with Gasteiger partial charge >= 0.3 is 5.69 Å². The van der Waals surface area contributed by atoms with Crippen molar-refractivity contribution in [2.75, 3.05) is 12.5 Å². The molecule has 9 heteroatoms. The molecule has 32 heavy (non-hydrogen) atoms. The van der Waals surface area contributed by atoms with Crippen molar-refractivity contribution >= 4 is 22.8 Å². The summed E-state index contributed by atoms with van der Waals surface area (Å²) < 4.78 is 8.23. The van der Waals surface area contributed by atoms with Crippen molar-refractivity contribution in [2.45, 2.75) is 20.4 Å². The third-order valence-electron chi connectivity index (χ3n) is 5.30. The Hall–Kier alpha value is -4.14. The molecule has 0 aliphatic heterocycles. The third kappa shape index (κ3) is 4.04. The maximum Gasteiger partial charge on any atom is 0.329 e. The highest BCUT2D eigenvalue weighted by Gasteiger charge is 2.17. The standard InChI is InChI=1S/C23H24N6O3/c1-14-5-7-16(8-6-14)13-29-19-20(28(3)23(31)25-21(19)30)24-22(29)27-26-15(2)17-9-11-18(32-4)12-10-17/h5-12H,13H2,1-4H3,(H,24,27)(H,25,30,31)/b26-15-. The van der Waals surface area contributed by atoms with E-state index in [1.54, 1.807) is 18.7 Å². The van der Waals surface area contributed by atoms with Gasteiger partial charge in [0, 0.05) is 7.05 Å². The summed E-state index contributed by atoms with van der Waals surface area (Å²) >= 11 is 0. The molecule has 0 aliphatic carbocycles. The molecular weight excluding hydrogens is 408 g/mol. The summed E-state index contributed by atoms with van der Waals surface area (Å²) in [5, 5.41) is 4.46. The predicted molar refractivity (Wildman–Crippen MR) is 125 cm³/mol. The summed E-state index contributed by atoms with van der Waals surface area (Å²) in [7, 11) is 3.19. The smallest absolute Gasteiger partial charge is 0.329 e. The molecule has 4 rings (SSSR count). The Morgan fingerprint density at radius 2 is 1.81 bits per heavy atom. The van der Waals surface area contributed by atoms with Crippen LogP contribution in [0.3, 0.4) is 0 Å². The van der Waals surface area contributed by atoms with Crippen LogP contribution in [0, 0.1) is 6.92 Å². The monoisotopic (exact) mass is 432 g/mol. The van der Waals surface area contributed by atoms with Gasteiger partial charge in [0.1, 0.15) is 5.75 Å². The Kier molecular flexibility index (Phi) is 5.63. The Labute approximate surface area is 184 Å². The van der Waals surface area contributed by atoms with Gasteiger partial charge in [0.2, 0.25) is 5.95 Å². The molecular formula is C23H24N6O3. The number of hydrazone groups is 1. The van der Waals surface area contributed by atoms with E-state index in [9.17, 15) is 9.59 Å². The van der Waals surface area contributed by atoms with Crippen LogP contribution in [0.25, 0.3) is 11.2 Å². The summed E-state index contributed by atoms with van der Waals surface area (Å²) in [5.74, 6) is 1.12. The second-order valence-electron chi connectivity index (χ2n) is 7.54. The fourth-order valence-corrected chi connectivity index (χ4v) is 3.38. The molecule has 9 nitrogen and oxygen atoms in total. The van der Waals surface area contributed by atoms with Crippen molar-refractivity contribution in [3.05, 3.63) is 86.1 Å². The van der Waals surface area contributed by atoms with Crippen molar-refractivity contribution in [3.63, 3.8) is 0 Å². The van der Waals surface area contributed by atoms with Gasteiger partial charge in [-0.15, -0.1) is 0 Å². The number of hydrogen-bond donors (Lipinski definition) is 2. The minimum Gasteiger partial charge on any atom is -0.497 e. The van der Waals surface area contributed by atoms with Crippen LogP contribution in [-0.2, 0) is 13.6 Å². The summed E-state index contributed by atoms with van der Waals surface area (Å²) in [4.78, 5) is 31.6. The molecule has 0 radical (unpaired) electrons. The summed E-state index contributed by atoms with van der Waals surface area (Å²) in [6.07, 6.45) is 0. The maximum atomic E-state index is 12.6. The quantitative estimate of drug-likeness (QED) is 0.360. The number of hydrogen-bond acceptors (Lipinski definition) is 6. The minimum atomic E-state index is -0.521. The van der Waals surface area contributed by atoms with Crippen molar-refractivity contribution in [2.24, 2.45) is 12.1 Å². The van der Waals surface area contributed by atoms with E-state index in [1.165, 1.54) is 4.57 Å². The van der Waals surface area contributed by atoms with Crippen LogP contribution in [-0.4, -0.2) is 31.9 Å². The summed E-state index contributed by atoms with van der Waals surface area (Å²) in [6, 6.07) is 15.5. The largest absolute Gasteiger partial charge is 0.497 e. The second-order valence-corrected chi connectivity index (χ2v) is 7.54. The highest BCUT2D eigenvalue weighted by atomic mass is 16.5. The van der Waals surface area contributed by atoms with Crippen LogP contribution >= 0.6 is 0 Å². The number of aryl methyl sites for hydroxylation is 2. The molecule has 2 aromatic carbocycles. The third-order valence-corrected chi connectivity index (χ3v) is 5.30. The Bertz CT molecular complexity index is 1410. The van der Waals surface area contributed by atoms with Gasteiger partial charge in [0.05, 0.1) is 19.4 Å². The molecule has 0 bridgehead atoms. The lowest BCUT2D eigenvalue weighted by Gasteiger charge is -2.09. The lowest BCUT2D eigenvalue weighted by Crippen LogP contribution is -2.29. The van der Waals surface area contributed by atoms with Gasteiger partial charge in [-0.25, -0.2) is 10.2 Å². The summed E-state index contributed by atoms with van der Waals surface area (Å²) in [6.45, 7) is 4.27. The van der Waals surface area contributed by atoms with Gasteiger partial charge in [-0.05, 0) is 49.2 Å². The molecule has 2 aromatic heterocycles. The second kappa shape index (κ2) is 8.54. The van der Waals surface area contributed by atoms with Crippen molar-refractivity contribution in [1.29, 1.82) is 0 Å². The Morgan fingerprint density at radius 1 is 1.12 bits per heavy atom. The van der Waals surface area contributed by atoms with Gasteiger partial charge in [0.25, 0.3) is 5.56 Å². The van der Waals surface area contributed by atoms with Crippen LogP contribution in [0.1, 0.15) is 23.6 Å². The zero-order chi connectivity index (χ0) is 22.8. The molecule has 4 aromatic rings. The molecule has 0 spiro atoms. The molecule has 0 saturated carbocycles. The van der Waals surface area contributed by atoms with Crippen LogP contribution in [0.2, 0.25) is 0 Å². The molecule has 0 aliphatic rings. The van der Waals surface area contributed by atoms with E-state index in [2.05, 4.69) is 20.5 Å². The number of aromatic nitrogens is 4. The number of fused-ring (bicyclic) bond motifs is 1. The normalized spacial score (nSPS) is 11.7. The predicted octanol–water partition coefficient (Wildman–Crippen LogP) is 2.62. The van der Waals surface area contributed by atoms with Crippen molar-refractivity contribution < 1.29 is 4.74 Å². The van der Waals surface area contributed by atoms with E-state index in [0.29, 0.717) is 18.0 Å². The molecule has 2 N–H and O–H groups in total. The maximum absolute atomic E-state index is 12.6. The molecule has 164 valence electrons. The molecule has 0 amide bonds. The summed E-state index contributed by atoms with van der Waals surface area (Å²) in [5.41, 5.74) is 6.30. The van der Waals surface area contributed by atoms with E-state index >= 15 is 0 Å². The van der Waals surface area contributed by atoms with Gasteiger partial charge in [-0.1, -0.05) is 29.8 Å². The zero-order valence-electron chi connectivity index (χ0n) is 18.3. The van der Waals surface area contributed by atoms with Crippen molar-refractivity contribution in [3.8, 4) is 5.75 Å². The van der Waals surface area contributed by atoms with E-state index in [-0.39, 0.29) is 5.65 Å². The fourth-order valence-electron chi connectivity index (χ4n) is 3.38. The minimum absolute atomic E-state index is 0.283. The van der Waals surface area contributed by atoms with Crippen LogP contribution in [0.15, 0.2) is 63.2 Å². The highest BCUT2D eigenvalue weighted by Crippen LogP contribution is 2.19. The Balaban J connectivity index is 1.77. The van der Waals surface area contributed by atoms with E-state index in [1.807, 2.05) is 62.4 Å². The molecule has 0 fully saturated rings. The lowest BCUT2D eigenvalue weighted by molar-refractivity contribution is 0.415. The van der Waals surface area contributed by atoms with E-state index < -0.39 is 11.2 Å². The first-order valence-electron chi connectivity index (χ1n) is 10.1. The van der Waals surface area contributed by atoms with Crippen molar-refractivity contribution in [1.82, 2.24) is 19.1 Å². The van der Waals surface area contributed by atoms with Gasteiger partial charge in [-0.3, -0.25) is 18.9 Å². The van der Waals surface area contributed by atoms with Gasteiger partial charge < -0.3 is 4.74 Å². The fraction of sp³-hybridized carbons (Fsp3) is 0.217. The molecule has 0 saturated heterocycles. The van der Waals surface area contributed by atoms with Gasteiger partial charge in [0.15, 0.2) is 11.2 Å². The number of aromatic amines is 1. The number of ether oxygens (including phenoxy) is 1. The van der Waals surface area contributed by atoms with Crippen LogP contribution < -0.4 is 21.4 Å². The molecule has 0 atom stereocenters. The number of nitrogens with one attached hydrogen (secondary N) is 2. The number of anilines is 1. The average molecular weight is 432 g/mol. The number of rotatable bonds is 6. The lowest BCUT2D eigenvalue weighted by atomic mass is 10.1. The number of methoxy groups -OCH3 is 1. The number of nitrogens with zero attached hydrogens (tertiary/aromatic N) is 4. The van der Waals surface area contributed by atoms with E-state index in [4.69, 9.17) is 4.74 Å². The topological polar surface area (TPSA) is 106 Å².